The molecule has 3 heteroatoms. The van der Waals surface area contributed by atoms with Crippen LogP contribution in [0, 0.1) is 0 Å². The number of halogens is 2. The quantitative estimate of drug-likeness (QED) is 0.559. The van der Waals surface area contributed by atoms with Crippen LogP contribution in [0.3, 0.4) is 0 Å². The van der Waals surface area contributed by atoms with Gasteiger partial charge in [0, 0.05) is 0 Å². The van der Waals surface area contributed by atoms with Crippen molar-refractivity contribution in [2.75, 3.05) is 0 Å². The number of hydrogen-bond donors (Lipinski definition) is 0. The molecular weight excluding hydrogens is 312 g/mol. The molecule has 1 heterocycles. The van der Waals surface area contributed by atoms with Crippen LogP contribution in [0.4, 0.5) is 0 Å². The summed E-state index contributed by atoms with van der Waals surface area (Å²) in [4.78, 5) is 0. The third kappa shape index (κ3) is 2.30. The number of rotatable bonds is 0. The van der Waals surface area contributed by atoms with Gasteiger partial charge < -0.3 is 0 Å². The van der Waals surface area contributed by atoms with Gasteiger partial charge in [-0.15, -0.1) is 0 Å². The summed E-state index contributed by atoms with van der Waals surface area (Å²) in [6.45, 7) is 0. The van der Waals surface area contributed by atoms with Crippen LogP contribution in [0.5, 0.6) is 0 Å². The molecule has 2 aromatic rings. The van der Waals surface area contributed by atoms with Crippen molar-refractivity contribution in [3.05, 3.63) is 57.6 Å². The maximum absolute atomic E-state index is 6.06. The molecule has 0 saturated carbocycles. The Kier molecular flexibility index (Phi) is 3.03. The van der Waals surface area contributed by atoms with Gasteiger partial charge >= 0.3 is 117 Å². The summed E-state index contributed by atoms with van der Waals surface area (Å²) in [6.07, 6.45) is 4.32. The predicted octanol–water partition coefficient (Wildman–Crippen LogP) is 3.13. The van der Waals surface area contributed by atoms with Gasteiger partial charge in [0.25, 0.3) is 0 Å². The monoisotopic (exact) mass is 320 g/mol. The Morgan fingerprint density at radius 2 is 1.18 bits per heavy atom. The van der Waals surface area contributed by atoms with Crippen LogP contribution in [-0.4, -0.2) is 15.4 Å². The van der Waals surface area contributed by atoms with Gasteiger partial charge in [-0.1, -0.05) is 0 Å². The summed E-state index contributed by atoms with van der Waals surface area (Å²) in [5.74, 6) is 0. The van der Waals surface area contributed by atoms with Crippen LogP contribution in [-0.2, 0) is 0 Å². The molecule has 0 aromatic heterocycles. The molecule has 0 spiro atoms. The van der Waals surface area contributed by atoms with E-state index in [2.05, 4.69) is 36.4 Å². The number of fused-ring (bicyclic) bond motifs is 2. The van der Waals surface area contributed by atoms with Gasteiger partial charge in [-0.2, -0.15) is 0 Å². The minimum absolute atomic E-state index is 0.366. The minimum atomic E-state index is -0.366. The average molecular weight is 320 g/mol. The molecule has 1 aliphatic rings. The molecule has 0 fully saturated rings. The second-order valence-corrected chi connectivity index (χ2v) is 7.58. The Bertz CT molecular complexity index is 564. The standard InChI is InChI=1S/C14H8Cl2Ge/c15-11-5-3-9-1-2-10-4-6-12(16)8-14(10)17-13(9)7-11/h1-8H. The van der Waals surface area contributed by atoms with Gasteiger partial charge in [-0.25, -0.2) is 0 Å². The number of benzene rings is 2. The Balaban J connectivity index is 2.17. The molecular formula is C14H8Cl2Ge. The molecule has 2 aromatic carbocycles. The van der Waals surface area contributed by atoms with Crippen LogP contribution in [0.15, 0.2) is 36.4 Å². The summed E-state index contributed by atoms with van der Waals surface area (Å²) in [6, 6.07) is 12.2. The molecule has 17 heavy (non-hydrogen) atoms. The fourth-order valence-electron chi connectivity index (χ4n) is 1.89. The zero-order valence-electron chi connectivity index (χ0n) is 8.87. The van der Waals surface area contributed by atoms with E-state index in [0.717, 1.165) is 10.0 Å². The van der Waals surface area contributed by atoms with Gasteiger partial charge in [0.2, 0.25) is 0 Å². The van der Waals surface area contributed by atoms with Crippen LogP contribution in [0.25, 0.3) is 12.2 Å². The van der Waals surface area contributed by atoms with Crippen LogP contribution in [0.2, 0.25) is 10.0 Å². The molecule has 0 amide bonds. The Morgan fingerprint density at radius 1 is 0.706 bits per heavy atom. The summed E-state index contributed by atoms with van der Waals surface area (Å²) < 4.78 is 2.74. The summed E-state index contributed by atoms with van der Waals surface area (Å²) >= 11 is 11.8. The topological polar surface area (TPSA) is 0 Å². The third-order valence-corrected chi connectivity index (χ3v) is 6.16. The molecule has 2 radical (unpaired) electrons. The first-order valence-electron chi connectivity index (χ1n) is 5.26. The summed E-state index contributed by atoms with van der Waals surface area (Å²) in [5.41, 5.74) is 2.56. The molecule has 0 atom stereocenters. The van der Waals surface area contributed by atoms with E-state index in [1.165, 1.54) is 19.9 Å². The van der Waals surface area contributed by atoms with Gasteiger partial charge in [0.1, 0.15) is 0 Å². The SMILES string of the molecule is Clc1ccc2[c](c1)[Ge][c]1cc(Cl)ccc1C=C2. The fraction of sp³-hybridized carbons (Fsp3) is 0. The maximum atomic E-state index is 6.06. The van der Waals surface area contributed by atoms with Gasteiger partial charge in [0.05, 0.1) is 0 Å². The van der Waals surface area contributed by atoms with E-state index in [1.807, 2.05) is 12.1 Å². The first-order chi connectivity index (χ1) is 8.22. The predicted molar refractivity (Wildman–Crippen MR) is 76.9 cm³/mol. The van der Waals surface area contributed by atoms with Crippen LogP contribution < -0.4 is 8.79 Å². The molecule has 0 saturated heterocycles. The molecule has 82 valence electrons. The van der Waals surface area contributed by atoms with Gasteiger partial charge in [-0.05, 0) is 0 Å². The Hall–Kier alpha value is -0.697. The molecule has 0 unspecified atom stereocenters. The second kappa shape index (κ2) is 4.52. The van der Waals surface area contributed by atoms with Gasteiger partial charge in [-0.3, -0.25) is 0 Å². The van der Waals surface area contributed by atoms with Crippen molar-refractivity contribution in [1.82, 2.24) is 0 Å². The van der Waals surface area contributed by atoms with Crippen molar-refractivity contribution in [3.63, 3.8) is 0 Å². The van der Waals surface area contributed by atoms with Crippen molar-refractivity contribution >= 4 is 59.6 Å². The summed E-state index contributed by atoms with van der Waals surface area (Å²) in [7, 11) is 0. The molecule has 1 aliphatic heterocycles. The van der Waals surface area contributed by atoms with E-state index in [4.69, 9.17) is 23.2 Å². The normalized spacial score (nSPS) is 12.8. The van der Waals surface area contributed by atoms with Crippen molar-refractivity contribution in [2.45, 2.75) is 0 Å². The van der Waals surface area contributed by atoms with Crippen molar-refractivity contribution in [1.29, 1.82) is 0 Å². The second-order valence-electron chi connectivity index (χ2n) is 3.92. The third-order valence-electron chi connectivity index (χ3n) is 2.74. The molecule has 0 bridgehead atoms. The number of hydrogen-bond acceptors (Lipinski definition) is 0. The van der Waals surface area contributed by atoms with E-state index >= 15 is 0 Å². The van der Waals surface area contributed by atoms with E-state index in [0.29, 0.717) is 0 Å². The van der Waals surface area contributed by atoms with Crippen molar-refractivity contribution < 1.29 is 0 Å². The van der Waals surface area contributed by atoms with E-state index in [-0.39, 0.29) is 15.4 Å². The fourth-order valence-corrected chi connectivity index (χ4v) is 5.49. The van der Waals surface area contributed by atoms with Crippen LogP contribution >= 0.6 is 23.2 Å². The van der Waals surface area contributed by atoms with E-state index in [1.54, 1.807) is 0 Å². The first kappa shape index (κ1) is 11.4. The van der Waals surface area contributed by atoms with Crippen molar-refractivity contribution in [3.8, 4) is 0 Å². The molecule has 0 aliphatic carbocycles. The van der Waals surface area contributed by atoms with Gasteiger partial charge in [0.15, 0.2) is 0 Å². The summed E-state index contributed by atoms with van der Waals surface area (Å²) in [5, 5.41) is 1.62. The Labute approximate surface area is 117 Å². The average Bonchev–Trinajstić information content (AvgIpc) is 2.46. The Morgan fingerprint density at radius 3 is 1.65 bits per heavy atom. The van der Waals surface area contributed by atoms with Crippen molar-refractivity contribution in [2.24, 2.45) is 0 Å². The molecule has 0 nitrogen and oxygen atoms in total. The van der Waals surface area contributed by atoms with E-state index in [9.17, 15) is 0 Å². The molecule has 0 N–H and O–H groups in total. The van der Waals surface area contributed by atoms with Crippen LogP contribution in [0.1, 0.15) is 11.1 Å². The zero-order valence-corrected chi connectivity index (χ0v) is 12.5. The zero-order chi connectivity index (χ0) is 11.8. The van der Waals surface area contributed by atoms with E-state index < -0.39 is 0 Å². The molecule has 3 rings (SSSR count). The first-order valence-corrected chi connectivity index (χ1v) is 8.12.